The third-order valence-corrected chi connectivity index (χ3v) is 1.28. The molecule has 0 radical (unpaired) electrons. The average molecular weight is 176 g/mol. The normalized spacial score (nSPS) is 11.2. The van der Waals surface area contributed by atoms with E-state index in [2.05, 4.69) is 15.3 Å². The molecule has 1 aromatic heterocycles. The summed E-state index contributed by atoms with van der Waals surface area (Å²) >= 11 is 0. The molecule has 0 bridgehead atoms. The Balaban J connectivity index is 2.35. The van der Waals surface area contributed by atoms with Gasteiger partial charge in [-0.1, -0.05) is 0 Å². The van der Waals surface area contributed by atoms with E-state index in [0.29, 0.717) is 6.54 Å². The Morgan fingerprint density at radius 2 is 2.54 bits per heavy atom. The number of hydrogen-bond donors (Lipinski definition) is 2. The molecule has 0 spiro atoms. The van der Waals surface area contributed by atoms with Gasteiger partial charge in [-0.05, 0) is 12.1 Å². The first-order valence-electron chi connectivity index (χ1n) is 3.97. The van der Waals surface area contributed by atoms with Crippen LogP contribution in [0.3, 0.4) is 0 Å². The van der Waals surface area contributed by atoms with Crippen molar-refractivity contribution in [3.8, 4) is 0 Å². The Morgan fingerprint density at radius 1 is 1.62 bits per heavy atom. The van der Waals surface area contributed by atoms with Gasteiger partial charge in [-0.2, -0.15) is 0 Å². The van der Waals surface area contributed by atoms with Crippen LogP contribution in [0, 0.1) is 0 Å². The number of pyridine rings is 1. The van der Waals surface area contributed by atoms with Crippen LogP contribution in [0.1, 0.15) is 0 Å². The van der Waals surface area contributed by atoms with Gasteiger partial charge in [0, 0.05) is 31.4 Å². The van der Waals surface area contributed by atoms with Gasteiger partial charge in [-0.3, -0.25) is 9.98 Å². The van der Waals surface area contributed by atoms with Gasteiger partial charge in [0.1, 0.15) is 0 Å². The highest BCUT2D eigenvalue weighted by atomic mass is 14.9. The van der Waals surface area contributed by atoms with E-state index in [4.69, 9.17) is 5.73 Å². The standard InChI is InChI=1S/C9H12N4/c10-3-5-11-6-7-13-9-2-1-4-12-8-9/h1-2,4-8,13H,3,10H2/b7-6+,11-5?. The lowest BCUT2D eigenvalue weighted by Crippen LogP contribution is -1.98. The van der Waals surface area contributed by atoms with E-state index in [9.17, 15) is 0 Å². The average Bonchev–Trinajstić information content (AvgIpc) is 2.19. The molecule has 0 aliphatic rings. The van der Waals surface area contributed by atoms with Gasteiger partial charge in [0.15, 0.2) is 0 Å². The van der Waals surface area contributed by atoms with Crippen LogP contribution in [-0.2, 0) is 0 Å². The van der Waals surface area contributed by atoms with Crippen molar-refractivity contribution in [2.75, 3.05) is 11.9 Å². The largest absolute Gasteiger partial charge is 0.359 e. The van der Waals surface area contributed by atoms with E-state index in [1.54, 1.807) is 31.0 Å². The van der Waals surface area contributed by atoms with E-state index in [0.717, 1.165) is 5.69 Å². The number of anilines is 1. The quantitative estimate of drug-likeness (QED) is 0.672. The van der Waals surface area contributed by atoms with Crippen molar-refractivity contribution in [2.45, 2.75) is 0 Å². The first kappa shape index (κ1) is 9.41. The maximum Gasteiger partial charge on any atom is 0.0566 e. The first-order chi connectivity index (χ1) is 6.43. The first-order valence-corrected chi connectivity index (χ1v) is 3.97. The summed E-state index contributed by atoms with van der Waals surface area (Å²) in [7, 11) is 0. The molecule has 0 aliphatic carbocycles. The summed E-state index contributed by atoms with van der Waals surface area (Å²) in [6.45, 7) is 0.456. The SMILES string of the molecule is NCC=N/C=C/Nc1cccnc1. The minimum absolute atomic E-state index is 0.456. The van der Waals surface area contributed by atoms with Crippen molar-refractivity contribution < 1.29 is 0 Å². The van der Waals surface area contributed by atoms with Crippen LogP contribution in [0.5, 0.6) is 0 Å². The maximum atomic E-state index is 5.21. The molecule has 1 rings (SSSR count). The van der Waals surface area contributed by atoms with Crippen molar-refractivity contribution in [1.29, 1.82) is 0 Å². The fourth-order valence-corrected chi connectivity index (χ4v) is 0.746. The van der Waals surface area contributed by atoms with Gasteiger partial charge in [0.05, 0.1) is 11.9 Å². The minimum Gasteiger partial charge on any atom is -0.359 e. The molecule has 0 saturated carbocycles. The maximum absolute atomic E-state index is 5.21. The summed E-state index contributed by atoms with van der Waals surface area (Å²) in [6, 6.07) is 3.78. The predicted octanol–water partition coefficient (Wildman–Crippen LogP) is 0.994. The Hall–Kier alpha value is -1.68. The molecule has 0 aromatic carbocycles. The lowest BCUT2D eigenvalue weighted by atomic mass is 10.4. The third kappa shape index (κ3) is 4.03. The second-order valence-corrected chi connectivity index (χ2v) is 2.27. The van der Waals surface area contributed by atoms with Gasteiger partial charge in [-0.15, -0.1) is 0 Å². The molecule has 0 aliphatic heterocycles. The lowest BCUT2D eigenvalue weighted by molar-refractivity contribution is 1.31. The number of nitrogens with zero attached hydrogens (tertiary/aromatic N) is 2. The summed E-state index contributed by atoms with van der Waals surface area (Å²) in [5.41, 5.74) is 6.14. The van der Waals surface area contributed by atoms with E-state index in [1.165, 1.54) is 0 Å². The zero-order valence-corrected chi connectivity index (χ0v) is 7.22. The Morgan fingerprint density at radius 3 is 3.23 bits per heavy atom. The number of rotatable bonds is 4. The molecule has 1 aromatic rings. The Labute approximate surface area is 77.2 Å². The summed E-state index contributed by atoms with van der Waals surface area (Å²) in [6.07, 6.45) is 8.45. The molecule has 13 heavy (non-hydrogen) atoms. The van der Waals surface area contributed by atoms with Crippen molar-refractivity contribution in [3.63, 3.8) is 0 Å². The predicted molar refractivity (Wildman–Crippen MR) is 54.5 cm³/mol. The van der Waals surface area contributed by atoms with Crippen molar-refractivity contribution >= 4 is 11.9 Å². The zero-order chi connectivity index (χ0) is 9.36. The van der Waals surface area contributed by atoms with Crippen LogP contribution in [0.25, 0.3) is 0 Å². The smallest absolute Gasteiger partial charge is 0.0566 e. The van der Waals surface area contributed by atoms with Gasteiger partial charge in [0.2, 0.25) is 0 Å². The van der Waals surface area contributed by atoms with E-state index >= 15 is 0 Å². The summed E-state index contributed by atoms with van der Waals surface area (Å²) in [5, 5.41) is 3.01. The van der Waals surface area contributed by atoms with Crippen LogP contribution < -0.4 is 11.1 Å². The number of nitrogens with one attached hydrogen (secondary N) is 1. The molecule has 0 fully saturated rings. The van der Waals surface area contributed by atoms with Crippen LogP contribution in [0.2, 0.25) is 0 Å². The van der Waals surface area contributed by atoms with Crippen LogP contribution in [0.15, 0.2) is 41.9 Å². The fourth-order valence-electron chi connectivity index (χ4n) is 0.746. The highest BCUT2D eigenvalue weighted by molar-refractivity contribution is 5.60. The van der Waals surface area contributed by atoms with Gasteiger partial charge in [0.25, 0.3) is 0 Å². The van der Waals surface area contributed by atoms with Crippen LogP contribution in [-0.4, -0.2) is 17.7 Å². The lowest BCUT2D eigenvalue weighted by Gasteiger charge is -1.96. The summed E-state index contributed by atoms with van der Waals surface area (Å²) in [4.78, 5) is 7.84. The van der Waals surface area contributed by atoms with Gasteiger partial charge < -0.3 is 11.1 Å². The topological polar surface area (TPSA) is 63.3 Å². The number of aliphatic imine (C=N–C) groups is 1. The van der Waals surface area contributed by atoms with E-state index in [1.807, 2.05) is 12.1 Å². The monoisotopic (exact) mass is 176 g/mol. The van der Waals surface area contributed by atoms with Crippen molar-refractivity contribution in [2.24, 2.45) is 10.7 Å². The molecule has 4 heteroatoms. The highest BCUT2D eigenvalue weighted by Crippen LogP contribution is 2.01. The second kappa shape index (κ2) is 5.91. The Bertz CT molecular complexity index is 279. The molecule has 3 N–H and O–H groups in total. The molecular weight excluding hydrogens is 164 g/mol. The second-order valence-electron chi connectivity index (χ2n) is 2.27. The highest BCUT2D eigenvalue weighted by Gasteiger charge is 1.82. The molecule has 4 nitrogen and oxygen atoms in total. The molecule has 0 atom stereocenters. The van der Waals surface area contributed by atoms with E-state index in [-0.39, 0.29) is 0 Å². The summed E-state index contributed by atoms with van der Waals surface area (Å²) < 4.78 is 0. The van der Waals surface area contributed by atoms with E-state index < -0.39 is 0 Å². The van der Waals surface area contributed by atoms with Gasteiger partial charge in [-0.25, -0.2) is 0 Å². The van der Waals surface area contributed by atoms with Crippen LogP contribution >= 0.6 is 0 Å². The third-order valence-electron chi connectivity index (χ3n) is 1.28. The number of aromatic nitrogens is 1. The summed E-state index contributed by atoms with van der Waals surface area (Å²) in [5.74, 6) is 0. The minimum atomic E-state index is 0.456. The molecule has 0 saturated heterocycles. The number of hydrogen-bond acceptors (Lipinski definition) is 4. The molecular formula is C9H12N4. The fraction of sp³-hybridized carbons (Fsp3) is 0.111. The van der Waals surface area contributed by atoms with Gasteiger partial charge >= 0.3 is 0 Å². The molecule has 0 amide bonds. The molecule has 1 heterocycles. The van der Waals surface area contributed by atoms with Crippen molar-refractivity contribution in [3.05, 3.63) is 36.9 Å². The zero-order valence-electron chi connectivity index (χ0n) is 7.22. The molecule has 0 unspecified atom stereocenters. The van der Waals surface area contributed by atoms with Crippen LogP contribution in [0.4, 0.5) is 5.69 Å². The van der Waals surface area contributed by atoms with Crippen molar-refractivity contribution in [1.82, 2.24) is 4.98 Å². The Kier molecular flexibility index (Phi) is 4.27. The number of nitrogens with two attached hydrogens (primary N) is 1. The molecule has 68 valence electrons.